The second-order valence-corrected chi connectivity index (χ2v) is 4.40. The summed E-state index contributed by atoms with van der Waals surface area (Å²) >= 11 is 5.78. The molecule has 2 aromatic rings. The van der Waals surface area contributed by atoms with E-state index in [0.29, 0.717) is 16.1 Å². The van der Waals surface area contributed by atoms with E-state index in [1.807, 2.05) is 0 Å². The van der Waals surface area contributed by atoms with Crippen LogP contribution in [0.5, 0.6) is 0 Å². The fourth-order valence-electron chi connectivity index (χ4n) is 1.82. The number of hydrogen-bond acceptors (Lipinski definition) is 1. The number of carboxylic acid groups (broad SMARTS) is 1. The van der Waals surface area contributed by atoms with Crippen molar-refractivity contribution in [1.29, 1.82) is 0 Å². The second kappa shape index (κ2) is 4.78. The number of halogens is 2. The molecular formula is C14H10ClFO2. The van der Waals surface area contributed by atoms with Gasteiger partial charge < -0.3 is 5.11 Å². The molecule has 2 aromatic carbocycles. The number of aromatic carboxylic acids is 1. The highest BCUT2D eigenvalue weighted by Crippen LogP contribution is 2.26. The maximum absolute atomic E-state index is 13.7. The van der Waals surface area contributed by atoms with Crippen LogP contribution in [0.3, 0.4) is 0 Å². The lowest BCUT2D eigenvalue weighted by Gasteiger charge is -2.07. The van der Waals surface area contributed by atoms with Crippen LogP contribution in [-0.4, -0.2) is 11.1 Å². The Hall–Kier alpha value is -1.87. The van der Waals surface area contributed by atoms with Crippen molar-refractivity contribution in [1.82, 2.24) is 0 Å². The Morgan fingerprint density at radius 2 is 1.78 bits per heavy atom. The minimum atomic E-state index is -1.26. The number of carboxylic acids is 1. The molecule has 0 aromatic heterocycles. The van der Waals surface area contributed by atoms with E-state index < -0.39 is 11.8 Å². The lowest BCUT2D eigenvalue weighted by Crippen LogP contribution is -2.04. The van der Waals surface area contributed by atoms with Gasteiger partial charge in [0.1, 0.15) is 5.82 Å². The van der Waals surface area contributed by atoms with Gasteiger partial charge in [0.2, 0.25) is 0 Å². The van der Waals surface area contributed by atoms with Crippen LogP contribution in [0.15, 0.2) is 36.4 Å². The molecule has 4 heteroatoms. The zero-order chi connectivity index (χ0) is 13.3. The Bertz CT molecular complexity index is 583. The number of rotatable bonds is 2. The highest BCUT2D eigenvalue weighted by atomic mass is 35.5. The van der Waals surface area contributed by atoms with Crippen molar-refractivity contribution in [2.75, 3.05) is 0 Å². The predicted molar refractivity (Wildman–Crippen MR) is 68.5 cm³/mol. The molecule has 0 aliphatic rings. The molecule has 18 heavy (non-hydrogen) atoms. The van der Waals surface area contributed by atoms with E-state index >= 15 is 0 Å². The topological polar surface area (TPSA) is 37.3 Å². The summed E-state index contributed by atoms with van der Waals surface area (Å²) in [5, 5.41) is 9.48. The maximum atomic E-state index is 13.7. The number of benzene rings is 2. The van der Waals surface area contributed by atoms with Gasteiger partial charge in [0, 0.05) is 5.02 Å². The van der Waals surface area contributed by atoms with Gasteiger partial charge in [-0.05, 0) is 41.8 Å². The first-order valence-corrected chi connectivity index (χ1v) is 5.66. The minimum Gasteiger partial charge on any atom is -0.478 e. The molecular weight excluding hydrogens is 255 g/mol. The van der Waals surface area contributed by atoms with Gasteiger partial charge in [0.05, 0.1) is 5.56 Å². The fraction of sp³-hybridized carbons (Fsp3) is 0.0714. The quantitative estimate of drug-likeness (QED) is 0.885. The largest absolute Gasteiger partial charge is 0.478 e. The summed E-state index contributed by atoms with van der Waals surface area (Å²) in [4.78, 5) is 10.9. The molecule has 0 bridgehead atoms. The van der Waals surface area contributed by atoms with Gasteiger partial charge in [0.25, 0.3) is 0 Å². The highest BCUT2D eigenvalue weighted by Gasteiger charge is 2.15. The molecule has 0 aliphatic carbocycles. The third kappa shape index (κ3) is 2.36. The predicted octanol–water partition coefficient (Wildman–Crippen LogP) is 4.15. The van der Waals surface area contributed by atoms with Crippen LogP contribution >= 0.6 is 11.6 Å². The molecule has 0 fully saturated rings. The average Bonchev–Trinajstić information content (AvgIpc) is 2.28. The summed E-state index contributed by atoms with van der Waals surface area (Å²) in [7, 11) is 0. The molecule has 0 saturated carbocycles. The Labute approximate surface area is 109 Å². The average molecular weight is 265 g/mol. The Kier molecular flexibility index (Phi) is 3.34. The molecule has 0 unspecified atom stereocenters. The Morgan fingerprint density at radius 1 is 1.17 bits per heavy atom. The van der Waals surface area contributed by atoms with Crippen LogP contribution in [-0.2, 0) is 0 Å². The number of hydrogen-bond donors (Lipinski definition) is 1. The van der Waals surface area contributed by atoms with Gasteiger partial charge in [-0.3, -0.25) is 0 Å². The van der Waals surface area contributed by atoms with E-state index in [2.05, 4.69) is 0 Å². The van der Waals surface area contributed by atoms with Gasteiger partial charge in [-0.15, -0.1) is 0 Å². The molecule has 2 rings (SSSR count). The summed E-state index contributed by atoms with van der Waals surface area (Å²) in [6.07, 6.45) is 0. The van der Waals surface area contributed by atoms with Gasteiger partial charge in [-0.25, -0.2) is 9.18 Å². The molecule has 0 atom stereocenters. The van der Waals surface area contributed by atoms with E-state index in [1.165, 1.54) is 6.07 Å². The van der Waals surface area contributed by atoms with E-state index in [4.69, 9.17) is 16.7 Å². The summed E-state index contributed by atoms with van der Waals surface area (Å²) in [6, 6.07) is 9.80. The van der Waals surface area contributed by atoms with Gasteiger partial charge in [-0.2, -0.15) is 0 Å². The summed E-state index contributed by atoms with van der Waals surface area (Å²) in [5.74, 6) is -1.99. The van der Waals surface area contributed by atoms with E-state index in [1.54, 1.807) is 37.3 Å². The Balaban J connectivity index is 2.54. The number of carbonyl (C=O) groups is 1. The molecule has 0 saturated heterocycles. The van der Waals surface area contributed by atoms with E-state index in [9.17, 15) is 9.18 Å². The molecule has 0 spiro atoms. The first-order chi connectivity index (χ1) is 8.49. The Morgan fingerprint density at radius 3 is 2.28 bits per heavy atom. The molecule has 0 radical (unpaired) electrons. The molecule has 0 aliphatic heterocycles. The lowest BCUT2D eigenvalue weighted by molar-refractivity contribution is 0.0691. The van der Waals surface area contributed by atoms with Crippen molar-refractivity contribution < 1.29 is 14.3 Å². The van der Waals surface area contributed by atoms with Gasteiger partial charge in [-0.1, -0.05) is 29.8 Å². The first kappa shape index (κ1) is 12.6. The van der Waals surface area contributed by atoms with Crippen molar-refractivity contribution in [3.05, 3.63) is 58.4 Å². The van der Waals surface area contributed by atoms with Crippen LogP contribution < -0.4 is 0 Å². The smallest absolute Gasteiger partial charge is 0.338 e. The van der Waals surface area contributed by atoms with Crippen molar-refractivity contribution in [3.63, 3.8) is 0 Å². The summed E-state index contributed by atoms with van der Waals surface area (Å²) in [5.41, 5.74) is 1.53. The van der Waals surface area contributed by atoms with Gasteiger partial charge >= 0.3 is 5.97 Å². The van der Waals surface area contributed by atoms with Crippen molar-refractivity contribution >= 4 is 17.6 Å². The summed E-state index contributed by atoms with van der Waals surface area (Å²) in [6.45, 7) is 1.58. The van der Waals surface area contributed by atoms with Crippen molar-refractivity contribution in [3.8, 4) is 11.1 Å². The third-order valence-corrected chi connectivity index (χ3v) is 2.93. The van der Waals surface area contributed by atoms with Crippen LogP contribution in [0.25, 0.3) is 11.1 Å². The van der Waals surface area contributed by atoms with E-state index in [0.717, 1.165) is 5.56 Å². The fourth-order valence-corrected chi connectivity index (χ4v) is 1.95. The maximum Gasteiger partial charge on any atom is 0.338 e. The number of aryl methyl sites for hydroxylation is 1. The van der Waals surface area contributed by atoms with Crippen LogP contribution in [0.2, 0.25) is 5.02 Å². The lowest BCUT2D eigenvalue weighted by atomic mass is 9.99. The van der Waals surface area contributed by atoms with Crippen molar-refractivity contribution in [2.45, 2.75) is 6.92 Å². The van der Waals surface area contributed by atoms with Crippen LogP contribution in [0.1, 0.15) is 15.9 Å². The molecule has 0 amide bonds. The van der Waals surface area contributed by atoms with E-state index in [-0.39, 0.29) is 5.56 Å². The molecule has 1 N–H and O–H groups in total. The zero-order valence-electron chi connectivity index (χ0n) is 9.58. The second-order valence-electron chi connectivity index (χ2n) is 3.96. The molecule has 2 nitrogen and oxygen atoms in total. The monoisotopic (exact) mass is 264 g/mol. The third-order valence-electron chi connectivity index (χ3n) is 2.68. The minimum absolute atomic E-state index is 0.285. The highest BCUT2D eigenvalue weighted by molar-refractivity contribution is 6.30. The van der Waals surface area contributed by atoms with Crippen LogP contribution in [0.4, 0.5) is 4.39 Å². The molecule has 92 valence electrons. The van der Waals surface area contributed by atoms with Gasteiger partial charge in [0.15, 0.2) is 0 Å². The molecule has 0 heterocycles. The van der Waals surface area contributed by atoms with Crippen molar-refractivity contribution in [2.24, 2.45) is 0 Å². The first-order valence-electron chi connectivity index (χ1n) is 5.28. The zero-order valence-corrected chi connectivity index (χ0v) is 10.3. The SMILES string of the molecule is Cc1cc(-c2ccc(Cl)cc2)cc(F)c1C(=O)O. The standard InChI is InChI=1S/C14H10ClFO2/c1-8-6-10(7-12(16)13(8)14(17)18)9-2-4-11(15)5-3-9/h2-7H,1H3,(H,17,18). The summed E-state index contributed by atoms with van der Waals surface area (Å²) < 4.78 is 13.7. The van der Waals surface area contributed by atoms with Crippen LogP contribution in [0, 0.1) is 12.7 Å². The normalized spacial score (nSPS) is 10.4.